The highest BCUT2D eigenvalue weighted by Gasteiger charge is 2.43. The van der Waals surface area contributed by atoms with Crippen LogP contribution in [0.3, 0.4) is 0 Å². The molecule has 31 heavy (non-hydrogen) atoms. The molecule has 1 heterocycles. The highest BCUT2D eigenvalue weighted by atomic mass is 16.4. The Bertz CT molecular complexity index is 746. The minimum absolute atomic E-state index is 0.133. The predicted molar refractivity (Wildman–Crippen MR) is 123 cm³/mol. The summed E-state index contributed by atoms with van der Waals surface area (Å²) in [6.45, 7) is 9.53. The molecule has 2 N–H and O–H groups in total. The van der Waals surface area contributed by atoms with Crippen LogP contribution in [0.4, 0.5) is 4.79 Å². The summed E-state index contributed by atoms with van der Waals surface area (Å²) >= 11 is 0. The Hall–Kier alpha value is -2.08. The average molecular weight is 430 g/mol. The molecule has 6 heteroatoms. The fraction of sp³-hybridized carbons (Fsp3) is 0.680. The molecule has 2 fully saturated rings. The highest BCUT2D eigenvalue weighted by molar-refractivity contribution is 5.85. The van der Waals surface area contributed by atoms with Crippen molar-refractivity contribution < 1.29 is 14.7 Å². The Morgan fingerprint density at radius 2 is 1.90 bits per heavy atom. The summed E-state index contributed by atoms with van der Waals surface area (Å²) in [5, 5.41) is 12.7. The first-order chi connectivity index (χ1) is 14.6. The van der Waals surface area contributed by atoms with E-state index in [2.05, 4.69) is 55.3 Å². The van der Waals surface area contributed by atoms with Crippen LogP contribution in [0.25, 0.3) is 0 Å². The van der Waals surface area contributed by atoms with Crippen LogP contribution in [0.5, 0.6) is 0 Å². The van der Waals surface area contributed by atoms with E-state index >= 15 is 0 Å². The topological polar surface area (TPSA) is 72.9 Å². The Labute approximate surface area is 187 Å². The molecule has 6 nitrogen and oxygen atoms in total. The molecule has 0 spiro atoms. The van der Waals surface area contributed by atoms with Crippen molar-refractivity contribution in [1.29, 1.82) is 0 Å². The lowest BCUT2D eigenvalue weighted by atomic mass is 9.88. The molecule has 0 radical (unpaired) electrons. The van der Waals surface area contributed by atoms with Crippen LogP contribution in [-0.4, -0.2) is 59.1 Å². The number of likely N-dealkylation sites (tertiary alicyclic amines) is 1. The first kappa shape index (κ1) is 23.6. The number of likely N-dealkylation sites (N-methyl/N-ethyl adjacent to an activating group) is 1. The first-order valence-electron chi connectivity index (χ1n) is 11.7. The Balaban J connectivity index is 1.57. The van der Waals surface area contributed by atoms with E-state index in [9.17, 15) is 14.7 Å². The number of fused-ring (bicyclic) bond motifs is 1. The van der Waals surface area contributed by atoms with Gasteiger partial charge >= 0.3 is 6.09 Å². The molecule has 1 aliphatic heterocycles. The molecule has 1 aromatic carbocycles. The second-order valence-electron chi connectivity index (χ2n) is 10.7. The molecule has 0 aromatic heterocycles. The number of nitrogens with one attached hydrogen (secondary N) is 1. The summed E-state index contributed by atoms with van der Waals surface area (Å²) in [5.74, 6) is 0.939. The van der Waals surface area contributed by atoms with Gasteiger partial charge in [-0.1, -0.05) is 57.5 Å². The predicted octanol–water partition coefficient (Wildman–Crippen LogP) is 4.21. The smallest absolute Gasteiger partial charge is 0.407 e. The van der Waals surface area contributed by atoms with Crippen molar-refractivity contribution in [2.45, 2.75) is 71.5 Å². The van der Waals surface area contributed by atoms with Crippen LogP contribution in [0.1, 0.15) is 58.4 Å². The van der Waals surface area contributed by atoms with E-state index in [1.807, 2.05) is 6.07 Å². The fourth-order valence-electron chi connectivity index (χ4n) is 5.25. The van der Waals surface area contributed by atoms with Gasteiger partial charge in [-0.25, -0.2) is 4.79 Å². The number of nitrogens with zero attached hydrogens (tertiary/aromatic N) is 2. The van der Waals surface area contributed by atoms with E-state index in [0.717, 1.165) is 45.3 Å². The van der Waals surface area contributed by atoms with Gasteiger partial charge in [-0.05, 0) is 48.5 Å². The van der Waals surface area contributed by atoms with Crippen LogP contribution in [0.2, 0.25) is 0 Å². The zero-order chi connectivity index (χ0) is 22.6. The van der Waals surface area contributed by atoms with Gasteiger partial charge in [0.05, 0.1) is 0 Å². The van der Waals surface area contributed by atoms with E-state index in [4.69, 9.17) is 0 Å². The van der Waals surface area contributed by atoms with E-state index < -0.39 is 12.1 Å². The highest BCUT2D eigenvalue weighted by Crippen LogP contribution is 2.38. The van der Waals surface area contributed by atoms with Crippen molar-refractivity contribution in [3.05, 3.63) is 35.9 Å². The minimum Gasteiger partial charge on any atom is -0.465 e. The molecule has 3 rings (SSSR count). The SMILES string of the molecule is CN(C(=O)O)[C@@H](CCCC(C)(C)C)C(=O)N[C@@H]1CC[C@H]2CN(Cc3ccccc3)C[C@H]21. The number of carbonyl (C=O) groups excluding carboxylic acids is 1. The summed E-state index contributed by atoms with van der Waals surface area (Å²) in [5.41, 5.74) is 1.50. The maximum atomic E-state index is 13.1. The summed E-state index contributed by atoms with van der Waals surface area (Å²) < 4.78 is 0. The van der Waals surface area contributed by atoms with Crippen molar-refractivity contribution in [2.75, 3.05) is 20.1 Å². The molecular formula is C25H39N3O3. The zero-order valence-corrected chi connectivity index (χ0v) is 19.5. The number of rotatable bonds is 8. The summed E-state index contributed by atoms with van der Waals surface area (Å²) in [6, 6.07) is 10.0. The molecule has 0 bridgehead atoms. The lowest BCUT2D eigenvalue weighted by Crippen LogP contribution is -2.51. The Morgan fingerprint density at radius 3 is 2.55 bits per heavy atom. The second-order valence-corrected chi connectivity index (χ2v) is 10.7. The molecule has 1 saturated carbocycles. The minimum atomic E-state index is -1.05. The van der Waals surface area contributed by atoms with E-state index in [1.54, 1.807) is 0 Å². The number of hydrogen-bond donors (Lipinski definition) is 2. The Morgan fingerprint density at radius 1 is 1.19 bits per heavy atom. The maximum Gasteiger partial charge on any atom is 0.407 e. The third-order valence-corrected chi connectivity index (χ3v) is 6.99. The molecule has 1 aromatic rings. The summed E-state index contributed by atoms with van der Waals surface area (Å²) in [4.78, 5) is 28.4. The van der Waals surface area contributed by atoms with Crippen molar-refractivity contribution in [1.82, 2.24) is 15.1 Å². The molecule has 1 saturated heterocycles. The van der Waals surface area contributed by atoms with Gasteiger partial charge in [-0.2, -0.15) is 0 Å². The number of carbonyl (C=O) groups is 2. The summed E-state index contributed by atoms with van der Waals surface area (Å²) in [6.07, 6.45) is 3.44. The maximum absolute atomic E-state index is 13.1. The lowest BCUT2D eigenvalue weighted by Gasteiger charge is -2.29. The number of carboxylic acid groups (broad SMARTS) is 1. The van der Waals surface area contributed by atoms with Crippen molar-refractivity contribution in [2.24, 2.45) is 17.3 Å². The van der Waals surface area contributed by atoms with E-state index in [1.165, 1.54) is 17.5 Å². The molecule has 4 atom stereocenters. The van der Waals surface area contributed by atoms with Gasteiger partial charge in [0.2, 0.25) is 5.91 Å². The quantitative estimate of drug-likeness (QED) is 0.649. The molecule has 1 aliphatic carbocycles. The molecule has 2 amide bonds. The van der Waals surface area contributed by atoms with Crippen molar-refractivity contribution in [3.8, 4) is 0 Å². The van der Waals surface area contributed by atoms with Gasteiger partial charge < -0.3 is 10.4 Å². The van der Waals surface area contributed by atoms with Crippen LogP contribution >= 0.6 is 0 Å². The molecular weight excluding hydrogens is 390 g/mol. The monoisotopic (exact) mass is 429 g/mol. The van der Waals surface area contributed by atoms with Crippen molar-refractivity contribution >= 4 is 12.0 Å². The number of benzene rings is 1. The van der Waals surface area contributed by atoms with Gasteiger partial charge in [-0.15, -0.1) is 0 Å². The van der Waals surface area contributed by atoms with Gasteiger partial charge in [0.25, 0.3) is 0 Å². The van der Waals surface area contributed by atoms with Gasteiger partial charge in [0.1, 0.15) is 6.04 Å². The number of amides is 2. The third kappa shape index (κ3) is 6.45. The van der Waals surface area contributed by atoms with Crippen LogP contribution < -0.4 is 5.32 Å². The second kappa shape index (κ2) is 10.0. The molecule has 172 valence electrons. The Kier molecular flexibility index (Phi) is 7.63. The normalized spacial score (nSPS) is 24.6. The average Bonchev–Trinajstić information content (AvgIpc) is 3.25. The van der Waals surface area contributed by atoms with Gasteiger partial charge in [0, 0.05) is 32.7 Å². The standard InChI is InChI=1S/C25H39N3O3/c1-25(2,3)14-8-11-22(27(4)24(30)31)23(29)26-21-13-12-19-16-28(17-20(19)21)15-18-9-6-5-7-10-18/h5-7,9-10,19-22H,8,11-17H2,1-4H3,(H,26,29)(H,30,31)/t19-,20+,21+,22-/m0/s1. The molecule has 2 aliphatic rings. The van der Waals surface area contributed by atoms with Gasteiger partial charge in [-0.3, -0.25) is 14.6 Å². The van der Waals surface area contributed by atoms with Crippen LogP contribution in [0.15, 0.2) is 30.3 Å². The molecule has 0 unspecified atom stereocenters. The van der Waals surface area contributed by atoms with E-state index in [0.29, 0.717) is 18.3 Å². The number of hydrogen-bond acceptors (Lipinski definition) is 3. The summed E-state index contributed by atoms with van der Waals surface area (Å²) in [7, 11) is 1.51. The lowest BCUT2D eigenvalue weighted by molar-refractivity contribution is -0.126. The first-order valence-corrected chi connectivity index (χ1v) is 11.7. The third-order valence-electron chi connectivity index (χ3n) is 6.99. The largest absolute Gasteiger partial charge is 0.465 e. The van der Waals surface area contributed by atoms with Crippen LogP contribution in [-0.2, 0) is 11.3 Å². The van der Waals surface area contributed by atoms with Gasteiger partial charge in [0.15, 0.2) is 0 Å². The van der Waals surface area contributed by atoms with Crippen molar-refractivity contribution in [3.63, 3.8) is 0 Å². The fourth-order valence-corrected chi connectivity index (χ4v) is 5.25. The van der Waals surface area contributed by atoms with Crippen LogP contribution in [0, 0.1) is 17.3 Å². The van der Waals surface area contributed by atoms with E-state index in [-0.39, 0.29) is 17.4 Å². The zero-order valence-electron chi connectivity index (χ0n) is 19.5.